The minimum absolute atomic E-state index is 0.132. The van der Waals surface area contributed by atoms with Crippen LogP contribution in [0.3, 0.4) is 0 Å². The van der Waals surface area contributed by atoms with Crippen molar-refractivity contribution in [2.45, 2.75) is 19.3 Å². The number of aromatic amines is 1. The molecule has 0 saturated carbocycles. The number of nitrogens with zero attached hydrogens (tertiary/aromatic N) is 5. The van der Waals surface area contributed by atoms with Crippen LogP contribution in [0.1, 0.15) is 28.8 Å². The lowest BCUT2D eigenvalue weighted by molar-refractivity contribution is 0.260. The van der Waals surface area contributed by atoms with Gasteiger partial charge < -0.3 is 19.7 Å². The summed E-state index contributed by atoms with van der Waals surface area (Å²) in [6.45, 7) is 0.563. The number of anilines is 1. The number of hydrogen-bond donors (Lipinski definition) is 2. The molecule has 0 aliphatic heterocycles. The first-order valence-electron chi connectivity index (χ1n) is 12.2. The standard InChI is InChI=1S/C27H25F2N7O4/c1-15-31-25(35-40-15)17-8-6-16(7-9-17)12-20(19-13-18(38-2)14-21(24(19)29)39-11-10-28)26-33-27(37)36(34-26)23-5-3-4-22(30)32-23/h3-9,13-14,20H,10-12H2,1-2H3,(H2,30,32)(H,33,34,37). The van der Waals surface area contributed by atoms with E-state index >= 15 is 4.39 Å². The molecule has 0 fully saturated rings. The Kier molecular flexibility index (Phi) is 7.53. The molecule has 40 heavy (non-hydrogen) atoms. The summed E-state index contributed by atoms with van der Waals surface area (Å²) in [6, 6.07) is 14.9. The first-order chi connectivity index (χ1) is 19.4. The SMILES string of the molecule is COc1cc(OCCF)c(F)c(C(Cc2ccc(-c3noc(C)n3)cc2)c2nn(-c3cccc(N)n3)c(=O)[nH]2)c1. The lowest BCUT2D eigenvalue weighted by Crippen LogP contribution is -2.17. The Morgan fingerprint density at radius 1 is 1.15 bits per heavy atom. The third-order valence-electron chi connectivity index (χ3n) is 6.10. The van der Waals surface area contributed by atoms with Gasteiger partial charge in [-0.2, -0.15) is 9.67 Å². The van der Waals surface area contributed by atoms with Crippen molar-refractivity contribution in [1.29, 1.82) is 0 Å². The lowest BCUT2D eigenvalue weighted by Gasteiger charge is -2.19. The van der Waals surface area contributed by atoms with Crippen LogP contribution in [-0.4, -0.2) is 50.3 Å². The van der Waals surface area contributed by atoms with Gasteiger partial charge >= 0.3 is 5.69 Å². The number of ether oxygens (including phenoxy) is 2. The minimum Gasteiger partial charge on any atom is -0.497 e. The quantitative estimate of drug-likeness (QED) is 0.266. The van der Waals surface area contributed by atoms with Crippen LogP contribution < -0.4 is 20.9 Å². The summed E-state index contributed by atoms with van der Waals surface area (Å²) < 4.78 is 45.5. The zero-order valence-corrected chi connectivity index (χ0v) is 21.6. The van der Waals surface area contributed by atoms with Gasteiger partial charge in [-0.3, -0.25) is 4.98 Å². The van der Waals surface area contributed by atoms with E-state index in [1.807, 2.05) is 24.3 Å². The van der Waals surface area contributed by atoms with Crippen molar-refractivity contribution >= 4 is 5.82 Å². The van der Waals surface area contributed by atoms with Gasteiger partial charge in [0.15, 0.2) is 17.4 Å². The highest BCUT2D eigenvalue weighted by atomic mass is 19.1. The predicted octanol–water partition coefficient (Wildman–Crippen LogP) is 3.77. The predicted molar refractivity (Wildman–Crippen MR) is 141 cm³/mol. The molecule has 1 atom stereocenters. The number of alkyl halides is 1. The van der Waals surface area contributed by atoms with Crippen LogP contribution in [0.15, 0.2) is 63.9 Å². The molecule has 5 rings (SSSR count). The molecule has 3 N–H and O–H groups in total. The highest BCUT2D eigenvalue weighted by Crippen LogP contribution is 2.36. The normalized spacial score (nSPS) is 11.9. The molecule has 3 heterocycles. The second-order valence-corrected chi connectivity index (χ2v) is 8.80. The fourth-order valence-electron chi connectivity index (χ4n) is 4.22. The first kappa shape index (κ1) is 26.5. The molecular formula is C27H25F2N7O4. The number of methoxy groups -OCH3 is 1. The largest absolute Gasteiger partial charge is 0.497 e. The summed E-state index contributed by atoms with van der Waals surface area (Å²) in [5.41, 5.74) is 6.86. The highest BCUT2D eigenvalue weighted by Gasteiger charge is 2.27. The summed E-state index contributed by atoms with van der Waals surface area (Å²) in [6.07, 6.45) is 0.218. The molecule has 1 unspecified atom stereocenters. The van der Waals surface area contributed by atoms with Crippen molar-refractivity contribution in [2.75, 3.05) is 26.1 Å². The molecule has 0 aliphatic carbocycles. The Balaban J connectivity index is 1.59. The summed E-state index contributed by atoms with van der Waals surface area (Å²) in [7, 11) is 1.42. The fourth-order valence-corrected chi connectivity index (χ4v) is 4.22. The summed E-state index contributed by atoms with van der Waals surface area (Å²) in [5.74, 6) is 0.0123. The van der Waals surface area contributed by atoms with Crippen molar-refractivity contribution in [3.63, 3.8) is 0 Å². The number of H-pyrrole nitrogens is 1. The van der Waals surface area contributed by atoms with Gasteiger partial charge in [0.2, 0.25) is 11.7 Å². The van der Waals surface area contributed by atoms with Crippen LogP contribution in [0.25, 0.3) is 17.2 Å². The van der Waals surface area contributed by atoms with E-state index in [-0.39, 0.29) is 47.6 Å². The van der Waals surface area contributed by atoms with Crippen LogP contribution in [0.4, 0.5) is 14.6 Å². The van der Waals surface area contributed by atoms with Gasteiger partial charge in [-0.05, 0) is 30.2 Å². The van der Waals surface area contributed by atoms with Gasteiger partial charge in [0.05, 0.1) is 13.0 Å². The van der Waals surface area contributed by atoms with Gasteiger partial charge in [0, 0.05) is 24.1 Å². The van der Waals surface area contributed by atoms with Crippen molar-refractivity contribution in [3.05, 3.63) is 93.7 Å². The Morgan fingerprint density at radius 2 is 1.95 bits per heavy atom. The number of halogens is 2. The zero-order chi connectivity index (χ0) is 28.2. The maximum Gasteiger partial charge on any atom is 0.349 e. The van der Waals surface area contributed by atoms with Crippen molar-refractivity contribution < 1.29 is 22.8 Å². The molecule has 0 bridgehead atoms. The maximum atomic E-state index is 15.8. The molecule has 0 amide bonds. The van der Waals surface area contributed by atoms with E-state index in [2.05, 4.69) is 25.2 Å². The summed E-state index contributed by atoms with van der Waals surface area (Å²) in [4.78, 5) is 24.0. The number of nitrogens with one attached hydrogen (secondary N) is 1. The molecule has 5 aromatic rings. The van der Waals surface area contributed by atoms with E-state index in [9.17, 15) is 9.18 Å². The minimum atomic E-state index is -0.809. The molecule has 2 aromatic carbocycles. The second kappa shape index (κ2) is 11.4. The number of aromatic nitrogens is 6. The lowest BCUT2D eigenvalue weighted by atomic mass is 9.90. The van der Waals surface area contributed by atoms with Crippen LogP contribution in [0.5, 0.6) is 11.5 Å². The maximum absolute atomic E-state index is 15.8. The Hall–Kier alpha value is -5.07. The van der Waals surface area contributed by atoms with E-state index in [1.54, 1.807) is 25.1 Å². The third kappa shape index (κ3) is 5.53. The second-order valence-electron chi connectivity index (χ2n) is 8.80. The summed E-state index contributed by atoms with van der Waals surface area (Å²) in [5, 5.41) is 8.37. The van der Waals surface area contributed by atoms with Crippen molar-refractivity contribution in [1.82, 2.24) is 29.9 Å². The summed E-state index contributed by atoms with van der Waals surface area (Å²) >= 11 is 0. The molecule has 13 heteroatoms. The average molecular weight is 550 g/mol. The van der Waals surface area contributed by atoms with Crippen molar-refractivity contribution in [3.8, 4) is 28.7 Å². The first-order valence-corrected chi connectivity index (χ1v) is 12.2. The molecule has 0 spiro atoms. The van der Waals surface area contributed by atoms with Gasteiger partial charge in [0.25, 0.3) is 0 Å². The number of hydrogen-bond acceptors (Lipinski definition) is 9. The van der Waals surface area contributed by atoms with Crippen LogP contribution in [-0.2, 0) is 6.42 Å². The Bertz CT molecular complexity index is 1680. The number of aryl methyl sites for hydroxylation is 1. The van der Waals surface area contributed by atoms with Gasteiger partial charge in [-0.15, -0.1) is 5.10 Å². The van der Waals surface area contributed by atoms with E-state index in [4.69, 9.17) is 19.7 Å². The Morgan fingerprint density at radius 3 is 2.62 bits per heavy atom. The van der Waals surface area contributed by atoms with E-state index in [0.29, 0.717) is 11.7 Å². The molecule has 0 radical (unpaired) electrons. The third-order valence-corrected chi connectivity index (χ3v) is 6.10. The smallest absolute Gasteiger partial charge is 0.349 e. The number of rotatable bonds is 10. The van der Waals surface area contributed by atoms with Crippen LogP contribution in [0, 0.1) is 12.7 Å². The Labute approximate surface area is 226 Å². The number of pyridine rings is 1. The molecule has 11 nitrogen and oxygen atoms in total. The van der Waals surface area contributed by atoms with E-state index in [0.717, 1.165) is 15.8 Å². The highest BCUT2D eigenvalue weighted by molar-refractivity contribution is 5.55. The van der Waals surface area contributed by atoms with Crippen molar-refractivity contribution in [2.24, 2.45) is 0 Å². The van der Waals surface area contributed by atoms with Gasteiger partial charge in [-0.1, -0.05) is 35.5 Å². The van der Waals surface area contributed by atoms with Gasteiger partial charge in [0.1, 0.15) is 30.7 Å². The fraction of sp³-hybridized carbons (Fsp3) is 0.222. The number of benzene rings is 2. The molecule has 206 valence electrons. The monoisotopic (exact) mass is 549 g/mol. The zero-order valence-electron chi connectivity index (χ0n) is 21.6. The van der Waals surface area contributed by atoms with Crippen LogP contribution >= 0.6 is 0 Å². The molecule has 0 saturated heterocycles. The molecule has 0 aliphatic rings. The molecular weight excluding hydrogens is 524 g/mol. The van der Waals surface area contributed by atoms with E-state index in [1.165, 1.54) is 19.2 Å². The van der Waals surface area contributed by atoms with Gasteiger partial charge in [-0.25, -0.2) is 18.6 Å². The molecule has 3 aromatic heterocycles. The van der Waals surface area contributed by atoms with E-state index < -0.39 is 24.1 Å². The average Bonchev–Trinajstić information content (AvgIpc) is 3.57. The topological polar surface area (TPSA) is 147 Å². The van der Waals surface area contributed by atoms with Crippen LogP contribution in [0.2, 0.25) is 0 Å². The number of nitrogen functional groups attached to an aromatic ring is 1. The number of nitrogens with two attached hydrogens (primary N) is 1.